The first kappa shape index (κ1) is 17.0. The minimum absolute atomic E-state index is 0.0304. The van der Waals surface area contributed by atoms with Crippen LogP contribution in [-0.4, -0.2) is 34.7 Å². The molecule has 0 saturated heterocycles. The van der Waals surface area contributed by atoms with Gasteiger partial charge in [0.25, 0.3) is 0 Å². The maximum Gasteiger partial charge on any atom is 0.0858 e. The van der Waals surface area contributed by atoms with Crippen molar-refractivity contribution in [2.24, 2.45) is 39.6 Å². The molecule has 4 aliphatic carbocycles. The van der Waals surface area contributed by atoms with E-state index in [1.54, 1.807) is 0 Å². The number of allylic oxidation sites excluding steroid dienone is 3. The van der Waals surface area contributed by atoms with Gasteiger partial charge in [0.1, 0.15) is 0 Å². The summed E-state index contributed by atoms with van der Waals surface area (Å²) in [5, 5.41) is 26.7. The summed E-state index contributed by atoms with van der Waals surface area (Å²) < 4.78 is 0. The molecule has 3 saturated carbocycles. The van der Waals surface area contributed by atoms with Gasteiger partial charge in [-0.2, -0.15) is 5.10 Å². The number of aliphatic hydroxyl groups excluding tert-OH is 2. The maximum absolute atomic E-state index is 11.3. The second kappa shape index (κ2) is 5.45. The van der Waals surface area contributed by atoms with E-state index < -0.39 is 0 Å². The molecule has 0 radical (unpaired) electrons. The van der Waals surface area contributed by atoms with Crippen LogP contribution < -0.4 is 5.43 Å². The molecule has 3 unspecified atom stereocenters. The van der Waals surface area contributed by atoms with Crippen molar-refractivity contribution in [1.29, 1.82) is 0 Å². The SMILES string of the molecule is C[C@H]1CC2[C@@H]3CCC4=CC5=NNCC=C5C[C@]4(C)C3C(O)C[C@]2(C)[C@@H]1O. The first-order valence-electron chi connectivity index (χ1n) is 10.4. The lowest BCUT2D eigenvalue weighted by molar-refractivity contribution is -0.138. The molecule has 3 N–H and O–H groups in total. The van der Waals surface area contributed by atoms with Crippen molar-refractivity contribution in [2.45, 2.75) is 65.1 Å². The summed E-state index contributed by atoms with van der Waals surface area (Å²) in [5.41, 5.74) is 6.93. The van der Waals surface area contributed by atoms with E-state index in [1.165, 1.54) is 11.1 Å². The van der Waals surface area contributed by atoms with Gasteiger partial charge in [-0.25, -0.2) is 0 Å². The van der Waals surface area contributed by atoms with Crippen LogP contribution in [0.25, 0.3) is 0 Å². The standard InChI is InChI=1S/C22H32N2O2/c1-12-8-16-15-5-4-14-9-17-13(6-7-23-24-17)10-21(14,2)19(15)18(25)11-22(16,3)20(12)26/h6,9,12,15-16,18-20,23,25-26H,4-5,7-8,10-11H2,1-3H3/t12-,15-,16?,18?,19?,20+,21-,22-/m0/s1. The van der Waals surface area contributed by atoms with E-state index in [0.29, 0.717) is 23.7 Å². The highest BCUT2D eigenvalue weighted by molar-refractivity contribution is 6.10. The van der Waals surface area contributed by atoms with Crippen LogP contribution in [0.15, 0.2) is 28.4 Å². The summed E-state index contributed by atoms with van der Waals surface area (Å²) in [6, 6.07) is 0. The normalized spacial score (nSPS) is 52.4. The van der Waals surface area contributed by atoms with Crippen LogP contribution in [0.4, 0.5) is 0 Å². The van der Waals surface area contributed by atoms with Gasteiger partial charge in [0, 0.05) is 0 Å². The third-order valence-corrected chi connectivity index (χ3v) is 8.78. The van der Waals surface area contributed by atoms with Gasteiger partial charge in [-0.15, -0.1) is 0 Å². The molecule has 0 aromatic rings. The van der Waals surface area contributed by atoms with Gasteiger partial charge in [0.15, 0.2) is 0 Å². The molecule has 5 rings (SSSR count). The van der Waals surface area contributed by atoms with Crippen molar-refractivity contribution in [3.8, 4) is 0 Å². The van der Waals surface area contributed by atoms with E-state index in [0.717, 1.165) is 44.4 Å². The van der Waals surface area contributed by atoms with Crippen molar-refractivity contribution in [1.82, 2.24) is 5.43 Å². The second-order valence-electron chi connectivity index (χ2n) is 10.1. The lowest BCUT2D eigenvalue weighted by atomic mass is 9.46. The van der Waals surface area contributed by atoms with E-state index in [4.69, 9.17) is 0 Å². The third kappa shape index (κ3) is 2.06. The zero-order valence-electron chi connectivity index (χ0n) is 16.2. The summed E-state index contributed by atoms with van der Waals surface area (Å²) >= 11 is 0. The largest absolute Gasteiger partial charge is 0.393 e. The van der Waals surface area contributed by atoms with E-state index in [1.807, 2.05) is 0 Å². The van der Waals surface area contributed by atoms with Crippen LogP contribution in [0.1, 0.15) is 52.9 Å². The molecule has 0 bridgehead atoms. The average Bonchev–Trinajstić information content (AvgIpc) is 2.83. The predicted molar refractivity (Wildman–Crippen MR) is 103 cm³/mol. The zero-order chi connectivity index (χ0) is 18.3. The van der Waals surface area contributed by atoms with Gasteiger partial charge in [0.05, 0.1) is 24.5 Å². The summed E-state index contributed by atoms with van der Waals surface area (Å²) in [6.07, 6.45) is 9.07. The number of hydrogen-bond acceptors (Lipinski definition) is 4. The number of aliphatic hydroxyl groups is 2. The summed E-state index contributed by atoms with van der Waals surface area (Å²) in [6.45, 7) is 7.61. The molecule has 4 nitrogen and oxygen atoms in total. The van der Waals surface area contributed by atoms with Crippen LogP contribution in [0.5, 0.6) is 0 Å². The Labute approximate surface area is 156 Å². The van der Waals surface area contributed by atoms with Crippen LogP contribution in [0.2, 0.25) is 0 Å². The minimum Gasteiger partial charge on any atom is -0.393 e. The van der Waals surface area contributed by atoms with Crippen molar-refractivity contribution in [2.75, 3.05) is 6.54 Å². The highest BCUT2D eigenvalue weighted by Crippen LogP contribution is 2.66. The smallest absolute Gasteiger partial charge is 0.0858 e. The summed E-state index contributed by atoms with van der Waals surface area (Å²) in [5.74, 6) is 1.70. The Morgan fingerprint density at radius 3 is 2.88 bits per heavy atom. The summed E-state index contributed by atoms with van der Waals surface area (Å²) in [4.78, 5) is 0. The monoisotopic (exact) mass is 356 g/mol. The fourth-order valence-corrected chi connectivity index (χ4v) is 7.61. The molecule has 0 aromatic carbocycles. The Kier molecular flexibility index (Phi) is 3.56. The van der Waals surface area contributed by atoms with Gasteiger partial charge in [-0.05, 0) is 78.3 Å². The zero-order valence-corrected chi connectivity index (χ0v) is 16.2. The Balaban J connectivity index is 1.56. The number of fused-ring (bicyclic) bond motifs is 6. The molecule has 0 aromatic heterocycles. The molecular formula is C22H32N2O2. The predicted octanol–water partition coefficient (Wildman–Crippen LogP) is 3.02. The number of hydrogen-bond donors (Lipinski definition) is 3. The fourth-order valence-electron chi connectivity index (χ4n) is 7.61. The summed E-state index contributed by atoms with van der Waals surface area (Å²) in [7, 11) is 0. The van der Waals surface area contributed by atoms with Crippen molar-refractivity contribution in [3.63, 3.8) is 0 Å². The highest BCUT2D eigenvalue weighted by Gasteiger charge is 2.63. The van der Waals surface area contributed by atoms with Crippen LogP contribution in [-0.2, 0) is 0 Å². The van der Waals surface area contributed by atoms with Gasteiger partial charge in [-0.1, -0.05) is 32.4 Å². The van der Waals surface area contributed by atoms with Gasteiger partial charge >= 0.3 is 0 Å². The molecule has 0 amide bonds. The van der Waals surface area contributed by atoms with Crippen molar-refractivity contribution in [3.05, 3.63) is 23.3 Å². The van der Waals surface area contributed by atoms with E-state index in [-0.39, 0.29) is 23.0 Å². The second-order valence-corrected chi connectivity index (χ2v) is 10.1. The maximum atomic E-state index is 11.3. The Bertz CT molecular complexity index is 726. The molecule has 5 aliphatic rings. The molecule has 4 heteroatoms. The van der Waals surface area contributed by atoms with Gasteiger partial charge in [0.2, 0.25) is 0 Å². The van der Waals surface area contributed by atoms with E-state index >= 15 is 0 Å². The van der Waals surface area contributed by atoms with Crippen molar-refractivity contribution >= 4 is 5.71 Å². The number of nitrogens with zero attached hydrogens (tertiary/aromatic N) is 1. The topological polar surface area (TPSA) is 64.9 Å². The first-order chi connectivity index (χ1) is 12.3. The Hall–Kier alpha value is -1.13. The molecule has 8 atom stereocenters. The molecule has 26 heavy (non-hydrogen) atoms. The number of nitrogens with one attached hydrogen (secondary N) is 1. The molecular weight excluding hydrogens is 324 g/mol. The number of hydrazone groups is 1. The van der Waals surface area contributed by atoms with Crippen molar-refractivity contribution < 1.29 is 10.2 Å². The van der Waals surface area contributed by atoms with Crippen LogP contribution in [0, 0.1) is 34.5 Å². The molecule has 3 fully saturated rings. The van der Waals surface area contributed by atoms with Crippen LogP contribution >= 0.6 is 0 Å². The van der Waals surface area contributed by atoms with Gasteiger partial charge in [-0.3, -0.25) is 0 Å². The quantitative estimate of drug-likeness (QED) is 0.625. The minimum atomic E-state index is -0.323. The van der Waals surface area contributed by atoms with Gasteiger partial charge < -0.3 is 15.6 Å². The van der Waals surface area contributed by atoms with E-state index in [9.17, 15) is 10.2 Å². The lowest BCUT2D eigenvalue weighted by Gasteiger charge is -2.59. The van der Waals surface area contributed by atoms with Crippen LogP contribution in [0.3, 0.4) is 0 Å². The molecule has 1 heterocycles. The molecule has 142 valence electrons. The average molecular weight is 357 g/mol. The number of rotatable bonds is 0. The lowest BCUT2D eigenvalue weighted by Crippen LogP contribution is -2.57. The highest BCUT2D eigenvalue weighted by atomic mass is 16.3. The third-order valence-electron chi connectivity index (χ3n) is 8.78. The molecule has 0 spiro atoms. The molecule has 1 aliphatic heterocycles. The fraction of sp³-hybridized carbons (Fsp3) is 0.773. The Morgan fingerprint density at radius 1 is 1.27 bits per heavy atom. The van der Waals surface area contributed by atoms with E-state index in [2.05, 4.69) is 43.5 Å². The first-order valence-corrected chi connectivity index (χ1v) is 10.4. The Morgan fingerprint density at radius 2 is 2.08 bits per heavy atom.